The summed E-state index contributed by atoms with van der Waals surface area (Å²) in [6.45, 7) is 0.925. The van der Waals surface area contributed by atoms with Gasteiger partial charge in [0.2, 0.25) is 11.8 Å². The Morgan fingerprint density at radius 3 is 2.74 bits per heavy atom. The van der Waals surface area contributed by atoms with E-state index < -0.39 is 6.04 Å². The van der Waals surface area contributed by atoms with Crippen LogP contribution in [0.4, 0.5) is 5.82 Å². The number of carbonyl (C=O) groups is 2. The van der Waals surface area contributed by atoms with Crippen LogP contribution in [0.3, 0.4) is 0 Å². The minimum Gasteiger partial charge on any atom is -0.383 e. The molecule has 1 saturated heterocycles. The fourth-order valence-electron chi connectivity index (χ4n) is 4.62. The number of benzene rings is 2. The van der Waals surface area contributed by atoms with Crippen LogP contribution in [0.5, 0.6) is 0 Å². The zero-order valence-corrected chi connectivity index (χ0v) is 18.4. The second kappa shape index (κ2) is 8.83. The predicted octanol–water partition coefficient (Wildman–Crippen LogP) is 2.35. The topological polar surface area (TPSA) is 130 Å². The molecule has 1 aliphatic rings. The van der Waals surface area contributed by atoms with Gasteiger partial charge in [-0.05, 0) is 36.6 Å². The van der Waals surface area contributed by atoms with Gasteiger partial charge in [-0.3, -0.25) is 9.59 Å². The van der Waals surface area contributed by atoms with E-state index >= 15 is 0 Å². The number of anilines is 1. The van der Waals surface area contributed by atoms with Crippen LogP contribution in [0.15, 0.2) is 54.9 Å². The first-order chi connectivity index (χ1) is 16.6. The number of aromatic nitrogens is 3. The van der Waals surface area contributed by atoms with Crippen LogP contribution in [-0.2, 0) is 22.7 Å². The molecular formula is C25H23N7O2. The van der Waals surface area contributed by atoms with Crippen molar-refractivity contribution in [1.82, 2.24) is 24.8 Å². The highest BCUT2D eigenvalue weighted by Gasteiger charge is 2.34. The first-order valence-electron chi connectivity index (χ1n) is 11.1. The molecule has 1 fully saturated rings. The third-order valence-electron chi connectivity index (χ3n) is 6.30. The maximum Gasteiger partial charge on any atom is 0.243 e. The molecule has 9 nitrogen and oxygen atoms in total. The molecule has 170 valence electrons. The minimum atomic E-state index is -0.515. The monoisotopic (exact) mass is 453 g/mol. The van der Waals surface area contributed by atoms with Gasteiger partial charge in [-0.25, -0.2) is 9.97 Å². The fraction of sp³-hybridized carbons (Fsp3) is 0.240. The predicted molar refractivity (Wildman–Crippen MR) is 127 cm³/mol. The number of fused-ring (bicyclic) bond motifs is 3. The first-order valence-corrected chi connectivity index (χ1v) is 11.1. The Labute approximate surface area is 195 Å². The summed E-state index contributed by atoms with van der Waals surface area (Å²) in [4.78, 5) is 36.4. The van der Waals surface area contributed by atoms with Gasteiger partial charge >= 0.3 is 0 Å². The standard InChI is InChI=1S/C25H23N7O2/c26-12-16-7-9-17(10-8-16)13-28-25(34)20-6-3-11-31(20)21(33)14-32-19-5-2-1-4-18(19)22-23(27)29-15-30-24(22)32/h1-2,4-5,7-10,15,20H,3,6,11,13-14H2,(H,28,34)(H2,27,29,30). The van der Waals surface area contributed by atoms with Crippen LogP contribution in [0.25, 0.3) is 21.9 Å². The lowest BCUT2D eigenvalue weighted by Crippen LogP contribution is -2.46. The molecule has 2 amide bonds. The average Bonchev–Trinajstić information content (AvgIpc) is 3.47. The van der Waals surface area contributed by atoms with Gasteiger partial charge in [0.1, 0.15) is 30.4 Å². The van der Waals surface area contributed by atoms with Crippen molar-refractivity contribution in [1.29, 1.82) is 5.26 Å². The molecule has 9 heteroatoms. The molecule has 2 aromatic heterocycles. The molecule has 1 atom stereocenters. The highest BCUT2D eigenvalue weighted by molar-refractivity contribution is 6.11. The molecule has 4 aromatic rings. The van der Waals surface area contributed by atoms with Crippen LogP contribution in [0.1, 0.15) is 24.0 Å². The van der Waals surface area contributed by atoms with Gasteiger partial charge in [0, 0.05) is 18.5 Å². The Morgan fingerprint density at radius 1 is 1.15 bits per heavy atom. The van der Waals surface area contributed by atoms with Crippen molar-refractivity contribution < 1.29 is 9.59 Å². The van der Waals surface area contributed by atoms with E-state index in [9.17, 15) is 9.59 Å². The Morgan fingerprint density at radius 2 is 1.94 bits per heavy atom. The van der Waals surface area contributed by atoms with Gasteiger partial charge in [-0.1, -0.05) is 30.3 Å². The number of nitrogens with zero attached hydrogens (tertiary/aromatic N) is 5. The van der Waals surface area contributed by atoms with E-state index in [2.05, 4.69) is 21.4 Å². The van der Waals surface area contributed by atoms with Crippen molar-refractivity contribution in [2.24, 2.45) is 0 Å². The van der Waals surface area contributed by atoms with E-state index in [1.807, 2.05) is 41.0 Å². The zero-order chi connectivity index (χ0) is 23.7. The number of carbonyl (C=O) groups excluding carboxylic acids is 2. The van der Waals surface area contributed by atoms with Crippen molar-refractivity contribution in [3.05, 3.63) is 66.0 Å². The Balaban J connectivity index is 1.34. The van der Waals surface area contributed by atoms with Gasteiger partial charge in [0.05, 0.1) is 22.5 Å². The summed E-state index contributed by atoms with van der Waals surface area (Å²) in [6.07, 6.45) is 2.78. The molecule has 1 aliphatic heterocycles. The highest BCUT2D eigenvalue weighted by atomic mass is 16.2. The maximum atomic E-state index is 13.4. The summed E-state index contributed by atoms with van der Waals surface area (Å²) in [6, 6.07) is 16.3. The SMILES string of the molecule is N#Cc1ccc(CNC(=O)C2CCCN2C(=O)Cn2c3ccccc3c3c(N)ncnc32)cc1. The van der Waals surface area contributed by atoms with Crippen molar-refractivity contribution in [3.8, 4) is 6.07 Å². The number of nitrogens with one attached hydrogen (secondary N) is 1. The number of rotatable bonds is 5. The number of hydrogen-bond acceptors (Lipinski definition) is 6. The van der Waals surface area contributed by atoms with Gasteiger partial charge < -0.3 is 20.5 Å². The van der Waals surface area contributed by atoms with Crippen molar-refractivity contribution in [2.75, 3.05) is 12.3 Å². The second-order valence-electron chi connectivity index (χ2n) is 8.33. The molecule has 0 bridgehead atoms. The van der Waals surface area contributed by atoms with E-state index in [1.165, 1.54) is 6.33 Å². The van der Waals surface area contributed by atoms with Gasteiger partial charge in [-0.2, -0.15) is 5.26 Å². The molecule has 0 radical (unpaired) electrons. The summed E-state index contributed by atoms with van der Waals surface area (Å²) in [7, 11) is 0. The third kappa shape index (κ3) is 3.79. The molecule has 3 heterocycles. The summed E-state index contributed by atoms with van der Waals surface area (Å²) in [5.41, 5.74) is 9.03. The van der Waals surface area contributed by atoms with Gasteiger partial charge in [0.25, 0.3) is 0 Å². The smallest absolute Gasteiger partial charge is 0.243 e. The van der Waals surface area contributed by atoms with Crippen molar-refractivity contribution in [2.45, 2.75) is 32.0 Å². The molecule has 0 aliphatic carbocycles. The Kier molecular flexibility index (Phi) is 5.55. The lowest BCUT2D eigenvalue weighted by atomic mass is 10.1. The molecule has 5 rings (SSSR count). The Bertz CT molecular complexity index is 1440. The average molecular weight is 454 g/mol. The Hall–Kier alpha value is -4.45. The number of nitriles is 1. The number of nitrogens with two attached hydrogens (primary N) is 1. The second-order valence-corrected chi connectivity index (χ2v) is 8.33. The van der Waals surface area contributed by atoms with E-state index in [1.54, 1.807) is 17.0 Å². The number of likely N-dealkylation sites (tertiary alicyclic amines) is 1. The van der Waals surface area contributed by atoms with Crippen LogP contribution in [0.2, 0.25) is 0 Å². The molecule has 34 heavy (non-hydrogen) atoms. The van der Waals surface area contributed by atoms with E-state index in [4.69, 9.17) is 11.0 Å². The summed E-state index contributed by atoms with van der Waals surface area (Å²) in [5.74, 6) is 0.0495. The highest BCUT2D eigenvalue weighted by Crippen LogP contribution is 2.31. The van der Waals surface area contributed by atoms with Crippen LogP contribution in [0, 0.1) is 11.3 Å². The number of para-hydroxylation sites is 1. The van der Waals surface area contributed by atoms with Crippen molar-refractivity contribution >= 4 is 39.6 Å². The fourth-order valence-corrected chi connectivity index (χ4v) is 4.62. The largest absolute Gasteiger partial charge is 0.383 e. The molecule has 3 N–H and O–H groups in total. The maximum absolute atomic E-state index is 13.4. The lowest BCUT2D eigenvalue weighted by Gasteiger charge is -2.24. The van der Waals surface area contributed by atoms with Crippen molar-refractivity contribution in [3.63, 3.8) is 0 Å². The summed E-state index contributed by atoms with van der Waals surface area (Å²) < 4.78 is 1.84. The molecule has 2 aromatic carbocycles. The molecular weight excluding hydrogens is 430 g/mol. The summed E-state index contributed by atoms with van der Waals surface area (Å²) >= 11 is 0. The normalized spacial score (nSPS) is 15.5. The lowest BCUT2D eigenvalue weighted by molar-refractivity contribution is -0.138. The van der Waals surface area contributed by atoms with E-state index in [0.717, 1.165) is 28.3 Å². The number of hydrogen-bond donors (Lipinski definition) is 2. The quantitative estimate of drug-likeness (QED) is 0.477. The molecule has 1 unspecified atom stereocenters. The minimum absolute atomic E-state index is 0.0554. The zero-order valence-electron chi connectivity index (χ0n) is 18.4. The van der Waals surface area contributed by atoms with Gasteiger partial charge in [0.15, 0.2) is 0 Å². The van der Waals surface area contributed by atoms with Crippen LogP contribution >= 0.6 is 0 Å². The van der Waals surface area contributed by atoms with E-state index in [-0.39, 0.29) is 18.4 Å². The molecule has 0 spiro atoms. The van der Waals surface area contributed by atoms with E-state index in [0.29, 0.717) is 36.5 Å². The van der Waals surface area contributed by atoms with Crippen LogP contribution < -0.4 is 11.1 Å². The number of amides is 2. The van der Waals surface area contributed by atoms with Gasteiger partial charge in [-0.15, -0.1) is 0 Å². The molecule has 0 saturated carbocycles. The summed E-state index contributed by atoms with van der Waals surface area (Å²) in [5, 5.41) is 13.5. The number of nitrogen functional groups attached to an aromatic ring is 1. The third-order valence-corrected chi connectivity index (χ3v) is 6.30. The first kappa shape index (κ1) is 21.4. The van der Waals surface area contributed by atoms with Crippen LogP contribution in [-0.4, -0.2) is 43.8 Å².